The van der Waals surface area contributed by atoms with Crippen LogP contribution in [-0.4, -0.2) is 64.6 Å². The standard InChI is InChI=1S/C26H33N5O6S/c27-18(15-38)23(33)30-20(13-16-7-3-1-4-8-16)25(35)31-21(14-17-9-5-2-6-10-17)24(34)29-19(26(36)37)11-12-22(28)32/h1-10,18-21,38H,11-15,27H2,(H2,28,32)(H,29,34)(H,30,33)(H,31,35)(H,36,37). The van der Waals surface area contributed by atoms with Crippen molar-refractivity contribution >= 4 is 42.2 Å². The van der Waals surface area contributed by atoms with Crippen molar-refractivity contribution < 1.29 is 29.1 Å². The van der Waals surface area contributed by atoms with Crippen LogP contribution in [0, 0.1) is 0 Å². The van der Waals surface area contributed by atoms with Gasteiger partial charge in [-0.3, -0.25) is 19.2 Å². The highest BCUT2D eigenvalue weighted by Gasteiger charge is 2.30. The molecule has 204 valence electrons. The monoisotopic (exact) mass is 543 g/mol. The number of nitrogens with one attached hydrogen (secondary N) is 3. The van der Waals surface area contributed by atoms with E-state index in [4.69, 9.17) is 11.5 Å². The van der Waals surface area contributed by atoms with E-state index in [9.17, 15) is 29.1 Å². The van der Waals surface area contributed by atoms with Gasteiger partial charge in [-0.15, -0.1) is 0 Å². The second kappa shape index (κ2) is 15.4. The molecule has 0 radical (unpaired) electrons. The number of carbonyl (C=O) groups is 5. The van der Waals surface area contributed by atoms with E-state index in [0.29, 0.717) is 5.56 Å². The Kier molecular flexibility index (Phi) is 12.3. The number of carboxylic acids is 1. The minimum atomic E-state index is -1.39. The number of benzene rings is 2. The van der Waals surface area contributed by atoms with Crippen molar-refractivity contribution in [2.45, 2.75) is 49.9 Å². The molecule has 38 heavy (non-hydrogen) atoms. The molecule has 2 aromatic carbocycles. The lowest BCUT2D eigenvalue weighted by atomic mass is 10.0. The first-order chi connectivity index (χ1) is 18.1. The number of hydrogen-bond donors (Lipinski definition) is 7. The zero-order valence-electron chi connectivity index (χ0n) is 20.7. The van der Waals surface area contributed by atoms with Gasteiger partial charge in [-0.05, 0) is 17.5 Å². The summed E-state index contributed by atoms with van der Waals surface area (Å²) in [7, 11) is 0. The molecule has 11 nitrogen and oxygen atoms in total. The fourth-order valence-electron chi connectivity index (χ4n) is 3.57. The summed E-state index contributed by atoms with van der Waals surface area (Å²) in [5.41, 5.74) is 12.4. The number of hydrogen-bond acceptors (Lipinski definition) is 7. The van der Waals surface area contributed by atoms with E-state index in [-0.39, 0.29) is 31.4 Å². The maximum absolute atomic E-state index is 13.4. The maximum Gasteiger partial charge on any atom is 0.326 e. The molecular formula is C26H33N5O6S. The number of carboxylic acid groups (broad SMARTS) is 1. The Morgan fingerprint density at radius 1 is 0.737 bits per heavy atom. The van der Waals surface area contributed by atoms with Crippen molar-refractivity contribution in [1.82, 2.24) is 16.0 Å². The molecule has 0 heterocycles. The van der Waals surface area contributed by atoms with Crippen LogP contribution in [0.2, 0.25) is 0 Å². The summed E-state index contributed by atoms with van der Waals surface area (Å²) in [5, 5.41) is 17.1. The Hall–Kier alpha value is -3.90. The van der Waals surface area contributed by atoms with Gasteiger partial charge in [-0.25, -0.2) is 4.79 Å². The smallest absolute Gasteiger partial charge is 0.326 e. The summed E-state index contributed by atoms with van der Waals surface area (Å²) in [6.45, 7) is 0. The Balaban J connectivity index is 2.28. The normalized spacial score (nSPS) is 13.8. The third-order valence-electron chi connectivity index (χ3n) is 5.66. The van der Waals surface area contributed by atoms with E-state index in [1.165, 1.54) is 0 Å². The first-order valence-corrected chi connectivity index (χ1v) is 12.6. The van der Waals surface area contributed by atoms with Crippen LogP contribution < -0.4 is 27.4 Å². The molecule has 4 atom stereocenters. The Labute approximate surface area is 226 Å². The molecule has 8 N–H and O–H groups in total. The fourth-order valence-corrected chi connectivity index (χ4v) is 3.73. The number of primary amides is 1. The van der Waals surface area contributed by atoms with Crippen LogP contribution in [0.1, 0.15) is 24.0 Å². The topological polar surface area (TPSA) is 194 Å². The lowest BCUT2D eigenvalue weighted by Gasteiger charge is -2.25. The van der Waals surface area contributed by atoms with Crippen LogP contribution >= 0.6 is 12.6 Å². The largest absolute Gasteiger partial charge is 0.480 e. The van der Waals surface area contributed by atoms with Crippen molar-refractivity contribution in [3.05, 3.63) is 71.8 Å². The molecule has 0 aromatic heterocycles. The Morgan fingerprint density at radius 3 is 1.55 bits per heavy atom. The third kappa shape index (κ3) is 10.2. The number of amides is 4. The number of nitrogens with two attached hydrogens (primary N) is 2. The summed E-state index contributed by atoms with van der Waals surface area (Å²) in [5.74, 6) is -4.01. The van der Waals surface area contributed by atoms with E-state index < -0.39 is 53.8 Å². The molecule has 0 spiro atoms. The van der Waals surface area contributed by atoms with E-state index in [1.54, 1.807) is 54.6 Å². The lowest BCUT2D eigenvalue weighted by Crippen LogP contribution is -2.58. The van der Waals surface area contributed by atoms with Crippen LogP contribution in [0.25, 0.3) is 0 Å². The molecule has 0 saturated carbocycles. The minimum absolute atomic E-state index is 0.0444. The molecule has 2 aromatic rings. The van der Waals surface area contributed by atoms with Gasteiger partial charge in [0, 0.05) is 25.0 Å². The summed E-state index contributed by atoms with van der Waals surface area (Å²) in [4.78, 5) is 61.8. The molecule has 0 aliphatic heterocycles. The summed E-state index contributed by atoms with van der Waals surface area (Å²) < 4.78 is 0. The third-order valence-corrected chi connectivity index (χ3v) is 6.05. The van der Waals surface area contributed by atoms with E-state index in [1.807, 2.05) is 6.07 Å². The second-order valence-electron chi connectivity index (χ2n) is 8.70. The quantitative estimate of drug-likeness (QED) is 0.148. The van der Waals surface area contributed by atoms with Gasteiger partial charge in [0.25, 0.3) is 0 Å². The molecule has 12 heteroatoms. The molecule has 2 rings (SSSR count). The van der Waals surface area contributed by atoms with Gasteiger partial charge >= 0.3 is 5.97 Å². The predicted octanol–water partition coefficient (Wildman–Crippen LogP) is -0.467. The van der Waals surface area contributed by atoms with Crippen LogP contribution in [-0.2, 0) is 36.8 Å². The van der Waals surface area contributed by atoms with E-state index >= 15 is 0 Å². The number of rotatable bonds is 15. The minimum Gasteiger partial charge on any atom is -0.480 e. The Morgan fingerprint density at radius 2 is 1.16 bits per heavy atom. The molecular weight excluding hydrogens is 510 g/mol. The van der Waals surface area contributed by atoms with Crippen LogP contribution in [0.15, 0.2) is 60.7 Å². The molecule has 0 aliphatic carbocycles. The summed E-state index contributed by atoms with van der Waals surface area (Å²) in [6.07, 6.45) is -0.295. The van der Waals surface area contributed by atoms with Crippen molar-refractivity contribution in [2.75, 3.05) is 5.75 Å². The molecule has 4 amide bonds. The van der Waals surface area contributed by atoms with Crippen LogP contribution in [0.5, 0.6) is 0 Å². The molecule has 0 fully saturated rings. The predicted molar refractivity (Wildman–Crippen MR) is 144 cm³/mol. The van der Waals surface area contributed by atoms with Gasteiger partial charge in [0.15, 0.2) is 0 Å². The zero-order valence-corrected chi connectivity index (χ0v) is 21.6. The van der Waals surface area contributed by atoms with E-state index in [2.05, 4.69) is 28.6 Å². The van der Waals surface area contributed by atoms with Crippen molar-refractivity contribution in [2.24, 2.45) is 11.5 Å². The highest BCUT2D eigenvalue weighted by molar-refractivity contribution is 7.80. The number of thiol groups is 1. The van der Waals surface area contributed by atoms with Crippen molar-refractivity contribution in [1.29, 1.82) is 0 Å². The summed E-state index contributed by atoms with van der Waals surface area (Å²) >= 11 is 4.03. The highest BCUT2D eigenvalue weighted by Crippen LogP contribution is 2.08. The average Bonchev–Trinajstić information content (AvgIpc) is 2.90. The average molecular weight is 544 g/mol. The number of carbonyl (C=O) groups excluding carboxylic acids is 4. The van der Waals surface area contributed by atoms with E-state index in [0.717, 1.165) is 5.56 Å². The fraction of sp³-hybridized carbons (Fsp3) is 0.346. The van der Waals surface area contributed by atoms with Crippen LogP contribution in [0.3, 0.4) is 0 Å². The zero-order chi connectivity index (χ0) is 28.1. The Bertz CT molecular complexity index is 1100. The van der Waals surface area contributed by atoms with Crippen molar-refractivity contribution in [3.8, 4) is 0 Å². The van der Waals surface area contributed by atoms with Gasteiger partial charge in [-0.1, -0.05) is 60.7 Å². The number of aliphatic carboxylic acids is 1. The van der Waals surface area contributed by atoms with Gasteiger partial charge in [0.2, 0.25) is 23.6 Å². The lowest BCUT2D eigenvalue weighted by molar-refractivity contribution is -0.142. The van der Waals surface area contributed by atoms with Gasteiger partial charge in [-0.2, -0.15) is 12.6 Å². The molecule has 0 saturated heterocycles. The van der Waals surface area contributed by atoms with Crippen molar-refractivity contribution in [3.63, 3.8) is 0 Å². The maximum atomic E-state index is 13.4. The first kappa shape index (κ1) is 30.3. The summed E-state index contributed by atoms with van der Waals surface area (Å²) in [6, 6.07) is 13.2. The van der Waals surface area contributed by atoms with Crippen LogP contribution in [0.4, 0.5) is 0 Å². The first-order valence-electron chi connectivity index (χ1n) is 12.0. The highest BCUT2D eigenvalue weighted by atomic mass is 32.1. The molecule has 0 aliphatic rings. The second-order valence-corrected chi connectivity index (χ2v) is 9.06. The van der Waals surface area contributed by atoms with Gasteiger partial charge < -0.3 is 32.5 Å². The van der Waals surface area contributed by atoms with Gasteiger partial charge in [0.05, 0.1) is 6.04 Å². The molecule has 4 unspecified atom stereocenters. The molecule has 0 bridgehead atoms. The van der Waals surface area contributed by atoms with Gasteiger partial charge in [0.1, 0.15) is 18.1 Å². The SMILES string of the molecule is NC(=O)CCC(NC(=O)C(Cc1ccccc1)NC(=O)C(Cc1ccccc1)NC(=O)C(N)CS)C(=O)O.